The quantitative estimate of drug-likeness (QED) is 0.372. The van der Waals surface area contributed by atoms with E-state index in [1.54, 1.807) is 6.92 Å². The van der Waals surface area contributed by atoms with Crippen molar-refractivity contribution in [3.8, 4) is 11.5 Å². The highest BCUT2D eigenvalue weighted by Crippen LogP contribution is 2.16. The van der Waals surface area contributed by atoms with E-state index in [0.717, 1.165) is 11.1 Å². The number of carbonyl (C=O) groups excluding carboxylic acids is 3. The second-order valence-electron chi connectivity index (χ2n) is 6.45. The first-order chi connectivity index (χ1) is 14.4. The monoisotopic (exact) mass is 414 g/mol. The van der Waals surface area contributed by atoms with Crippen LogP contribution in [0.3, 0.4) is 0 Å². The van der Waals surface area contributed by atoms with Gasteiger partial charge in [0, 0.05) is 18.7 Å². The van der Waals surface area contributed by atoms with Gasteiger partial charge in [-0.3, -0.25) is 9.59 Å². The maximum absolute atomic E-state index is 12.1. The molecule has 0 saturated carbocycles. The Bertz CT molecular complexity index is 880. The molecule has 8 nitrogen and oxygen atoms in total. The minimum atomic E-state index is -0.799. The summed E-state index contributed by atoms with van der Waals surface area (Å²) in [5, 5.41) is 5.37. The second-order valence-corrected chi connectivity index (χ2v) is 6.45. The van der Waals surface area contributed by atoms with Gasteiger partial charge in [-0.15, -0.1) is 0 Å². The molecule has 2 amide bonds. The van der Waals surface area contributed by atoms with E-state index in [2.05, 4.69) is 15.4 Å². The van der Waals surface area contributed by atoms with Gasteiger partial charge in [0.05, 0.1) is 6.61 Å². The van der Waals surface area contributed by atoms with Crippen molar-refractivity contribution in [1.29, 1.82) is 0 Å². The number of amides is 2. The topological polar surface area (TPSA) is 103 Å². The zero-order chi connectivity index (χ0) is 21.9. The fraction of sp³-hybridized carbons (Fsp3) is 0.318. The van der Waals surface area contributed by atoms with E-state index >= 15 is 0 Å². The standard InChI is InChI=1S/C22H26N2O6/c1-4-28-22(27)30-18-9-6-17(7-10-18)21(26)24-12-11-23-20(25)14-29-19-8-5-15(2)16(3)13-19/h5-10,13H,4,11-12,14H2,1-3H3,(H,23,25)(H,24,26). The summed E-state index contributed by atoms with van der Waals surface area (Å²) in [6.45, 7) is 6.30. The molecule has 0 aliphatic rings. The van der Waals surface area contributed by atoms with Crippen LogP contribution in [-0.2, 0) is 9.53 Å². The fourth-order valence-electron chi connectivity index (χ4n) is 2.40. The van der Waals surface area contributed by atoms with E-state index in [4.69, 9.17) is 9.47 Å². The SMILES string of the molecule is CCOC(=O)Oc1ccc(C(=O)NCCNC(=O)COc2ccc(C)c(C)c2)cc1. The Labute approximate surface area is 175 Å². The van der Waals surface area contributed by atoms with Crippen LogP contribution in [0, 0.1) is 13.8 Å². The lowest BCUT2D eigenvalue weighted by Gasteiger charge is -2.10. The van der Waals surface area contributed by atoms with Crippen molar-refractivity contribution in [2.24, 2.45) is 0 Å². The van der Waals surface area contributed by atoms with Crippen LogP contribution >= 0.6 is 0 Å². The van der Waals surface area contributed by atoms with Crippen molar-refractivity contribution in [3.63, 3.8) is 0 Å². The van der Waals surface area contributed by atoms with Crippen LogP contribution < -0.4 is 20.1 Å². The minimum Gasteiger partial charge on any atom is -0.484 e. The molecule has 30 heavy (non-hydrogen) atoms. The van der Waals surface area contributed by atoms with Crippen LogP contribution in [0.15, 0.2) is 42.5 Å². The van der Waals surface area contributed by atoms with Crippen LogP contribution in [0.2, 0.25) is 0 Å². The molecule has 0 fully saturated rings. The van der Waals surface area contributed by atoms with E-state index in [-0.39, 0.29) is 43.9 Å². The van der Waals surface area contributed by atoms with E-state index in [0.29, 0.717) is 11.3 Å². The lowest BCUT2D eigenvalue weighted by atomic mass is 10.1. The summed E-state index contributed by atoms with van der Waals surface area (Å²) in [5.41, 5.74) is 2.65. The third-order valence-corrected chi connectivity index (χ3v) is 4.16. The Morgan fingerprint density at radius 2 is 1.53 bits per heavy atom. The molecule has 0 heterocycles. The first-order valence-electron chi connectivity index (χ1n) is 9.58. The molecular formula is C22H26N2O6. The zero-order valence-electron chi connectivity index (χ0n) is 17.3. The molecule has 0 saturated heterocycles. The summed E-state index contributed by atoms with van der Waals surface area (Å²) >= 11 is 0. The molecule has 0 spiro atoms. The van der Waals surface area contributed by atoms with Crippen molar-refractivity contribution >= 4 is 18.0 Å². The van der Waals surface area contributed by atoms with Gasteiger partial charge < -0.3 is 24.8 Å². The second kappa shape index (κ2) is 11.5. The van der Waals surface area contributed by atoms with Gasteiger partial charge in [-0.2, -0.15) is 0 Å². The van der Waals surface area contributed by atoms with Gasteiger partial charge in [-0.05, 0) is 68.3 Å². The van der Waals surface area contributed by atoms with Gasteiger partial charge >= 0.3 is 6.16 Å². The lowest BCUT2D eigenvalue weighted by molar-refractivity contribution is -0.123. The molecule has 0 radical (unpaired) electrons. The van der Waals surface area contributed by atoms with Gasteiger partial charge in [-0.25, -0.2) is 4.79 Å². The summed E-state index contributed by atoms with van der Waals surface area (Å²) in [7, 11) is 0. The third-order valence-electron chi connectivity index (χ3n) is 4.16. The number of aryl methyl sites for hydroxylation is 2. The molecule has 2 aromatic rings. The van der Waals surface area contributed by atoms with Crippen LogP contribution in [0.1, 0.15) is 28.4 Å². The molecule has 0 unspecified atom stereocenters. The Morgan fingerprint density at radius 1 is 0.867 bits per heavy atom. The summed E-state index contributed by atoms with van der Waals surface area (Å²) in [6.07, 6.45) is -0.799. The maximum Gasteiger partial charge on any atom is 0.513 e. The predicted octanol–water partition coefficient (Wildman–Crippen LogP) is 2.76. The van der Waals surface area contributed by atoms with E-state index in [1.807, 2.05) is 32.0 Å². The van der Waals surface area contributed by atoms with Crippen LogP contribution in [-0.4, -0.2) is 44.3 Å². The molecule has 2 rings (SSSR count). The van der Waals surface area contributed by atoms with Crippen molar-refractivity contribution in [2.45, 2.75) is 20.8 Å². The number of ether oxygens (including phenoxy) is 3. The number of nitrogens with one attached hydrogen (secondary N) is 2. The van der Waals surface area contributed by atoms with Gasteiger partial charge in [-0.1, -0.05) is 6.07 Å². The fourth-order valence-corrected chi connectivity index (χ4v) is 2.40. The van der Waals surface area contributed by atoms with Crippen molar-refractivity contribution in [1.82, 2.24) is 10.6 Å². The summed E-state index contributed by atoms with van der Waals surface area (Å²) in [4.78, 5) is 35.2. The van der Waals surface area contributed by atoms with Crippen molar-refractivity contribution in [3.05, 3.63) is 59.2 Å². The van der Waals surface area contributed by atoms with Gasteiger partial charge in [0.25, 0.3) is 11.8 Å². The largest absolute Gasteiger partial charge is 0.513 e. The Kier molecular flexibility index (Phi) is 8.68. The average molecular weight is 414 g/mol. The molecule has 0 bridgehead atoms. The molecule has 0 aromatic heterocycles. The van der Waals surface area contributed by atoms with Crippen LogP contribution in [0.4, 0.5) is 4.79 Å². The van der Waals surface area contributed by atoms with E-state index in [9.17, 15) is 14.4 Å². The first kappa shape index (κ1) is 22.7. The lowest BCUT2D eigenvalue weighted by Crippen LogP contribution is -2.36. The van der Waals surface area contributed by atoms with Gasteiger partial charge in [0.1, 0.15) is 11.5 Å². The number of hydrogen-bond donors (Lipinski definition) is 2. The number of carbonyl (C=O) groups is 3. The Hall–Kier alpha value is -3.55. The first-order valence-corrected chi connectivity index (χ1v) is 9.58. The summed E-state index contributed by atoms with van der Waals surface area (Å²) < 4.78 is 15.1. The Morgan fingerprint density at radius 3 is 2.20 bits per heavy atom. The number of benzene rings is 2. The predicted molar refractivity (Wildman–Crippen MR) is 111 cm³/mol. The zero-order valence-corrected chi connectivity index (χ0v) is 17.3. The van der Waals surface area contributed by atoms with Crippen LogP contribution in [0.25, 0.3) is 0 Å². The summed E-state index contributed by atoms with van der Waals surface area (Å²) in [5.74, 6) is 0.333. The number of rotatable bonds is 9. The molecule has 0 aliphatic heterocycles. The normalized spacial score (nSPS) is 10.1. The van der Waals surface area contributed by atoms with Crippen molar-refractivity contribution < 1.29 is 28.6 Å². The molecule has 2 N–H and O–H groups in total. The van der Waals surface area contributed by atoms with Crippen LogP contribution in [0.5, 0.6) is 11.5 Å². The van der Waals surface area contributed by atoms with E-state index in [1.165, 1.54) is 24.3 Å². The highest BCUT2D eigenvalue weighted by Gasteiger charge is 2.09. The average Bonchev–Trinajstić information content (AvgIpc) is 2.72. The molecular weight excluding hydrogens is 388 g/mol. The molecule has 0 atom stereocenters. The van der Waals surface area contributed by atoms with Gasteiger partial charge in [0.15, 0.2) is 6.61 Å². The van der Waals surface area contributed by atoms with E-state index < -0.39 is 6.16 Å². The smallest absolute Gasteiger partial charge is 0.484 e. The third kappa shape index (κ3) is 7.46. The minimum absolute atomic E-state index is 0.0988. The molecule has 0 aliphatic carbocycles. The molecule has 160 valence electrons. The molecule has 8 heteroatoms. The highest BCUT2D eigenvalue weighted by atomic mass is 16.7. The number of hydrogen-bond acceptors (Lipinski definition) is 6. The highest BCUT2D eigenvalue weighted by molar-refractivity contribution is 5.94. The van der Waals surface area contributed by atoms with Crippen molar-refractivity contribution in [2.75, 3.05) is 26.3 Å². The summed E-state index contributed by atoms with van der Waals surface area (Å²) in [6, 6.07) is 11.7. The van der Waals surface area contributed by atoms with Gasteiger partial charge in [0.2, 0.25) is 0 Å². The Balaban J connectivity index is 1.66. The maximum atomic E-state index is 12.1. The molecule has 2 aromatic carbocycles.